The van der Waals surface area contributed by atoms with Crippen LogP contribution in [0.2, 0.25) is 5.02 Å². The Bertz CT molecular complexity index is 291. The molecule has 0 bridgehead atoms. The van der Waals surface area contributed by atoms with Crippen LogP contribution in [0, 0.1) is 0 Å². The van der Waals surface area contributed by atoms with E-state index in [9.17, 15) is 0 Å². The number of hydrogen-bond acceptors (Lipinski definition) is 3. The van der Waals surface area contributed by atoms with E-state index in [4.69, 9.17) is 11.6 Å². The highest BCUT2D eigenvalue weighted by molar-refractivity contribution is 6.33. The number of likely N-dealkylation sites (N-methyl/N-ethyl adjacent to an activating group) is 2. The molecule has 0 saturated heterocycles. The highest BCUT2D eigenvalue weighted by Gasteiger charge is 2.07. The van der Waals surface area contributed by atoms with Crippen molar-refractivity contribution < 1.29 is 0 Å². The summed E-state index contributed by atoms with van der Waals surface area (Å²) in [6.45, 7) is 8.13. The van der Waals surface area contributed by atoms with E-state index in [1.165, 1.54) is 0 Å². The molecule has 0 aliphatic carbocycles. The summed E-state index contributed by atoms with van der Waals surface area (Å²) in [4.78, 5) is 6.23. The Morgan fingerprint density at radius 3 is 2.87 bits per heavy atom. The number of aromatic nitrogens is 1. The van der Waals surface area contributed by atoms with E-state index in [0.717, 1.165) is 36.9 Å². The lowest BCUT2D eigenvalue weighted by atomic mass is 10.3. The molecular weight excluding hydrogens is 210 g/mol. The van der Waals surface area contributed by atoms with Gasteiger partial charge >= 0.3 is 0 Å². The first kappa shape index (κ1) is 12.3. The highest BCUT2D eigenvalue weighted by Crippen LogP contribution is 2.23. The zero-order chi connectivity index (χ0) is 11.1. The smallest absolute Gasteiger partial charge is 0.0822 e. The largest absolute Gasteiger partial charge is 0.369 e. The van der Waals surface area contributed by atoms with Crippen molar-refractivity contribution in [2.24, 2.45) is 0 Å². The predicted molar refractivity (Wildman–Crippen MR) is 65.7 cm³/mol. The molecule has 4 heteroatoms. The number of pyridine rings is 1. The fraction of sp³-hybridized carbons (Fsp3) is 0.545. The Labute approximate surface area is 96.5 Å². The Kier molecular flexibility index (Phi) is 5.43. The average molecular weight is 228 g/mol. The summed E-state index contributed by atoms with van der Waals surface area (Å²) in [5.74, 6) is 0. The quantitative estimate of drug-likeness (QED) is 0.756. The molecule has 0 unspecified atom stereocenters. The van der Waals surface area contributed by atoms with Crippen molar-refractivity contribution in [3.8, 4) is 0 Å². The second-order valence-corrected chi connectivity index (χ2v) is 3.67. The summed E-state index contributed by atoms with van der Waals surface area (Å²) in [6.07, 6.45) is 3.46. The minimum absolute atomic E-state index is 0.718. The molecule has 3 nitrogen and oxygen atoms in total. The topological polar surface area (TPSA) is 28.2 Å². The lowest BCUT2D eigenvalue weighted by Crippen LogP contribution is -2.32. The number of nitrogens with zero attached hydrogens (tertiary/aromatic N) is 2. The lowest BCUT2D eigenvalue weighted by Gasteiger charge is -2.23. The normalized spacial score (nSPS) is 10.3. The molecule has 0 fully saturated rings. The second kappa shape index (κ2) is 6.64. The minimum Gasteiger partial charge on any atom is -0.369 e. The Morgan fingerprint density at radius 2 is 2.27 bits per heavy atom. The molecule has 0 atom stereocenters. The standard InChI is InChI=1S/C11H18ClN3/c1-3-13-7-8-15(4-2)11-5-6-14-9-10(11)12/h5-6,9,13H,3-4,7-8H2,1-2H3. The number of hydrogen-bond donors (Lipinski definition) is 1. The van der Waals surface area contributed by atoms with Gasteiger partial charge in [-0.1, -0.05) is 18.5 Å². The number of halogens is 1. The molecule has 1 rings (SSSR count). The van der Waals surface area contributed by atoms with Gasteiger partial charge in [-0.15, -0.1) is 0 Å². The molecule has 0 aliphatic heterocycles. The van der Waals surface area contributed by atoms with Gasteiger partial charge in [0.25, 0.3) is 0 Å². The van der Waals surface area contributed by atoms with Gasteiger partial charge in [-0.2, -0.15) is 0 Å². The van der Waals surface area contributed by atoms with Gasteiger partial charge in [0.2, 0.25) is 0 Å². The molecule has 0 saturated carbocycles. The molecule has 15 heavy (non-hydrogen) atoms. The molecule has 1 heterocycles. The summed E-state index contributed by atoms with van der Waals surface area (Å²) in [5, 5.41) is 4.02. The van der Waals surface area contributed by atoms with Crippen LogP contribution in [0.5, 0.6) is 0 Å². The van der Waals surface area contributed by atoms with Crippen molar-refractivity contribution >= 4 is 17.3 Å². The Morgan fingerprint density at radius 1 is 1.47 bits per heavy atom. The lowest BCUT2D eigenvalue weighted by molar-refractivity contribution is 0.688. The van der Waals surface area contributed by atoms with E-state index < -0.39 is 0 Å². The highest BCUT2D eigenvalue weighted by atomic mass is 35.5. The van der Waals surface area contributed by atoms with Gasteiger partial charge in [-0.25, -0.2) is 0 Å². The third-order valence-corrected chi connectivity index (χ3v) is 2.57. The van der Waals surface area contributed by atoms with E-state index in [-0.39, 0.29) is 0 Å². The first-order valence-electron chi connectivity index (χ1n) is 5.34. The van der Waals surface area contributed by atoms with Gasteiger partial charge in [0.15, 0.2) is 0 Å². The van der Waals surface area contributed by atoms with Crippen LogP contribution in [0.25, 0.3) is 0 Å². The van der Waals surface area contributed by atoms with Crippen molar-refractivity contribution in [1.82, 2.24) is 10.3 Å². The fourth-order valence-corrected chi connectivity index (χ4v) is 1.70. The summed E-state index contributed by atoms with van der Waals surface area (Å²) in [5.41, 5.74) is 1.06. The van der Waals surface area contributed by atoms with Crippen molar-refractivity contribution in [2.45, 2.75) is 13.8 Å². The average Bonchev–Trinajstić information content (AvgIpc) is 2.26. The zero-order valence-electron chi connectivity index (χ0n) is 9.33. The molecule has 0 aromatic carbocycles. The van der Waals surface area contributed by atoms with Crippen LogP contribution in [0.3, 0.4) is 0 Å². The van der Waals surface area contributed by atoms with Crippen LogP contribution >= 0.6 is 11.6 Å². The molecule has 0 amide bonds. The number of nitrogens with one attached hydrogen (secondary N) is 1. The van der Waals surface area contributed by atoms with E-state index in [1.54, 1.807) is 12.4 Å². The Balaban J connectivity index is 2.61. The molecule has 1 aromatic heterocycles. The molecule has 0 radical (unpaired) electrons. The molecule has 1 N–H and O–H groups in total. The maximum Gasteiger partial charge on any atom is 0.0822 e. The number of anilines is 1. The molecule has 84 valence electrons. The SMILES string of the molecule is CCNCCN(CC)c1ccncc1Cl. The van der Waals surface area contributed by atoms with Gasteiger partial charge < -0.3 is 10.2 Å². The van der Waals surface area contributed by atoms with Gasteiger partial charge in [0, 0.05) is 32.0 Å². The van der Waals surface area contributed by atoms with E-state index >= 15 is 0 Å². The van der Waals surface area contributed by atoms with E-state index in [1.807, 2.05) is 6.07 Å². The molecule has 0 spiro atoms. The molecule has 1 aromatic rings. The second-order valence-electron chi connectivity index (χ2n) is 3.26. The maximum absolute atomic E-state index is 6.09. The van der Waals surface area contributed by atoms with Crippen LogP contribution in [-0.4, -0.2) is 31.2 Å². The van der Waals surface area contributed by atoms with Crippen LogP contribution < -0.4 is 10.2 Å². The third-order valence-electron chi connectivity index (χ3n) is 2.28. The summed E-state index contributed by atoms with van der Waals surface area (Å²) >= 11 is 6.09. The number of rotatable bonds is 6. The van der Waals surface area contributed by atoms with Crippen LogP contribution in [0.1, 0.15) is 13.8 Å². The van der Waals surface area contributed by atoms with E-state index in [2.05, 4.69) is 29.0 Å². The van der Waals surface area contributed by atoms with Crippen LogP contribution in [0.15, 0.2) is 18.5 Å². The molecule has 0 aliphatic rings. The van der Waals surface area contributed by atoms with Gasteiger partial charge in [0.05, 0.1) is 10.7 Å². The van der Waals surface area contributed by atoms with Gasteiger partial charge in [-0.05, 0) is 19.5 Å². The van der Waals surface area contributed by atoms with Gasteiger partial charge in [-0.3, -0.25) is 4.98 Å². The predicted octanol–water partition coefficient (Wildman–Crippen LogP) is 2.17. The fourth-order valence-electron chi connectivity index (χ4n) is 1.46. The summed E-state index contributed by atoms with van der Waals surface area (Å²) < 4.78 is 0. The Hall–Kier alpha value is -0.800. The van der Waals surface area contributed by atoms with E-state index in [0.29, 0.717) is 0 Å². The monoisotopic (exact) mass is 227 g/mol. The maximum atomic E-state index is 6.09. The van der Waals surface area contributed by atoms with Crippen molar-refractivity contribution in [3.05, 3.63) is 23.5 Å². The van der Waals surface area contributed by atoms with Crippen LogP contribution in [0.4, 0.5) is 5.69 Å². The van der Waals surface area contributed by atoms with Crippen LogP contribution in [-0.2, 0) is 0 Å². The molecular formula is C11H18ClN3. The van der Waals surface area contributed by atoms with Gasteiger partial charge in [0.1, 0.15) is 0 Å². The zero-order valence-corrected chi connectivity index (χ0v) is 10.1. The van der Waals surface area contributed by atoms with Crippen molar-refractivity contribution in [3.63, 3.8) is 0 Å². The van der Waals surface area contributed by atoms with Crippen molar-refractivity contribution in [1.29, 1.82) is 0 Å². The minimum atomic E-state index is 0.718. The summed E-state index contributed by atoms with van der Waals surface area (Å²) in [7, 11) is 0. The third kappa shape index (κ3) is 3.68. The first-order chi connectivity index (χ1) is 7.29. The summed E-state index contributed by atoms with van der Waals surface area (Å²) in [6, 6.07) is 1.96. The van der Waals surface area contributed by atoms with Crippen molar-refractivity contribution in [2.75, 3.05) is 31.1 Å². The first-order valence-corrected chi connectivity index (χ1v) is 5.72.